The highest BCUT2D eigenvalue weighted by Crippen LogP contribution is 2.24. The SMILES string of the molecule is CCCn1cc(C(=O)c2ccc(O)cc2O)ccc1=O. The number of hydrogen-bond donors (Lipinski definition) is 2. The van der Waals surface area contributed by atoms with Crippen molar-refractivity contribution in [2.45, 2.75) is 19.9 Å². The minimum Gasteiger partial charge on any atom is -0.508 e. The lowest BCUT2D eigenvalue weighted by Crippen LogP contribution is -2.20. The minimum absolute atomic E-state index is 0.0875. The largest absolute Gasteiger partial charge is 0.508 e. The maximum atomic E-state index is 12.3. The fourth-order valence-electron chi connectivity index (χ4n) is 1.95. The third-order valence-corrected chi connectivity index (χ3v) is 2.94. The maximum Gasteiger partial charge on any atom is 0.250 e. The van der Waals surface area contributed by atoms with E-state index in [1.54, 1.807) is 0 Å². The molecule has 0 unspecified atom stereocenters. The first-order valence-electron chi connectivity index (χ1n) is 6.30. The van der Waals surface area contributed by atoms with E-state index in [9.17, 15) is 19.8 Å². The smallest absolute Gasteiger partial charge is 0.250 e. The number of benzene rings is 1. The summed E-state index contributed by atoms with van der Waals surface area (Å²) < 4.78 is 1.46. The van der Waals surface area contributed by atoms with E-state index in [4.69, 9.17) is 0 Å². The number of carbonyl (C=O) groups is 1. The van der Waals surface area contributed by atoms with Crippen LogP contribution in [0.2, 0.25) is 0 Å². The summed E-state index contributed by atoms with van der Waals surface area (Å²) >= 11 is 0. The van der Waals surface area contributed by atoms with E-state index in [0.29, 0.717) is 12.1 Å². The molecule has 5 heteroatoms. The highest BCUT2D eigenvalue weighted by atomic mass is 16.3. The van der Waals surface area contributed by atoms with Crippen LogP contribution in [0.5, 0.6) is 11.5 Å². The average Bonchev–Trinajstić information content (AvgIpc) is 2.41. The summed E-state index contributed by atoms with van der Waals surface area (Å²) in [6.07, 6.45) is 2.27. The van der Waals surface area contributed by atoms with Crippen molar-refractivity contribution < 1.29 is 15.0 Å². The number of rotatable bonds is 4. The molecule has 0 fully saturated rings. The molecule has 20 heavy (non-hydrogen) atoms. The van der Waals surface area contributed by atoms with E-state index in [2.05, 4.69) is 0 Å². The molecule has 1 aromatic carbocycles. The molecule has 1 heterocycles. The van der Waals surface area contributed by atoms with Crippen LogP contribution in [0.4, 0.5) is 0 Å². The van der Waals surface area contributed by atoms with Crippen LogP contribution in [0.3, 0.4) is 0 Å². The highest BCUT2D eigenvalue weighted by molar-refractivity contribution is 6.10. The van der Waals surface area contributed by atoms with Crippen molar-refractivity contribution in [2.24, 2.45) is 0 Å². The van der Waals surface area contributed by atoms with Crippen molar-refractivity contribution >= 4 is 5.78 Å². The Kier molecular flexibility index (Phi) is 3.89. The van der Waals surface area contributed by atoms with E-state index in [1.165, 1.54) is 35.0 Å². The van der Waals surface area contributed by atoms with Gasteiger partial charge in [0.25, 0.3) is 5.56 Å². The lowest BCUT2D eigenvalue weighted by Gasteiger charge is -2.08. The summed E-state index contributed by atoms with van der Waals surface area (Å²) in [4.78, 5) is 23.9. The molecule has 0 atom stereocenters. The van der Waals surface area contributed by atoms with E-state index in [1.807, 2.05) is 6.92 Å². The second-order valence-electron chi connectivity index (χ2n) is 4.48. The fourth-order valence-corrected chi connectivity index (χ4v) is 1.95. The third-order valence-electron chi connectivity index (χ3n) is 2.94. The summed E-state index contributed by atoms with van der Waals surface area (Å²) in [5, 5.41) is 18.9. The number of pyridine rings is 1. The molecule has 0 aliphatic carbocycles. The fraction of sp³-hybridized carbons (Fsp3) is 0.200. The molecule has 0 amide bonds. The standard InChI is InChI=1S/C15H15NO4/c1-2-7-16-9-10(3-6-14(16)19)15(20)12-5-4-11(17)8-13(12)18/h3-6,8-9,17-18H,2,7H2,1H3. The molecule has 2 aromatic rings. The molecule has 5 nitrogen and oxygen atoms in total. The van der Waals surface area contributed by atoms with Gasteiger partial charge in [-0.05, 0) is 24.6 Å². The zero-order valence-electron chi connectivity index (χ0n) is 11.0. The number of phenols is 2. The molecule has 104 valence electrons. The quantitative estimate of drug-likeness (QED) is 0.834. The predicted octanol–water partition coefficient (Wildman–Crippen LogP) is 1.90. The molecule has 0 saturated heterocycles. The van der Waals surface area contributed by atoms with Gasteiger partial charge in [0, 0.05) is 30.4 Å². The van der Waals surface area contributed by atoms with Gasteiger partial charge in [-0.3, -0.25) is 9.59 Å². The van der Waals surface area contributed by atoms with Crippen LogP contribution in [0.15, 0.2) is 41.3 Å². The summed E-state index contributed by atoms with van der Waals surface area (Å²) in [6, 6.07) is 6.55. The first-order valence-corrected chi connectivity index (χ1v) is 6.30. The minimum atomic E-state index is -0.396. The molecule has 2 N–H and O–H groups in total. The Morgan fingerprint density at radius 1 is 1.20 bits per heavy atom. The van der Waals surface area contributed by atoms with Crippen LogP contribution < -0.4 is 5.56 Å². The Bertz CT molecular complexity index is 703. The Morgan fingerprint density at radius 2 is 1.95 bits per heavy atom. The molecule has 0 spiro atoms. The van der Waals surface area contributed by atoms with Gasteiger partial charge in [-0.25, -0.2) is 0 Å². The zero-order chi connectivity index (χ0) is 14.7. The molecular weight excluding hydrogens is 258 g/mol. The number of phenolic OH excluding ortho intramolecular Hbond substituents is 2. The van der Waals surface area contributed by atoms with Crippen molar-refractivity contribution in [1.82, 2.24) is 4.57 Å². The van der Waals surface area contributed by atoms with Gasteiger partial charge >= 0.3 is 0 Å². The summed E-state index contributed by atoms with van der Waals surface area (Å²) in [5.74, 6) is -0.800. The van der Waals surface area contributed by atoms with E-state index < -0.39 is 5.78 Å². The van der Waals surface area contributed by atoms with Gasteiger partial charge in [-0.2, -0.15) is 0 Å². The van der Waals surface area contributed by atoms with Crippen molar-refractivity contribution in [3.63, 3.8) is 0 Å². The maximum absolute atomic E-state index is 12.3. The van der Waals surface area contributed by atoms with E-state index in [-0.39, 0.29) is 22.6 Å². The Hall–Kier alpha value is -2.56. The van der Waals surface area contributed by atoms with Gasteiger partial charge in [0.15, 0.2) is 5.78 Å². The van der Waals surface area contributed by atoms with Crippen LogP contribution in [0, 0.1) is 0 Å². The van der Waals surface area contributed by atoms with Gasteiger partial charge in [-0.1, -0.05) is 6.92 Å². The number of aromatic hydroxyl groups is 2. The number of carbonyl (C=O) groups excluding carboxylic acids is 1. The monoisotopic (exact) mass is 273 g/mol. The number of hydrogen-bond acceptors (Lipinski definition) is 4. The van der Waals surface area contributed by atoms with Crippen molar-refractivity contribution in [3.8, 4) is 11.5 Å². The van der Waals surface area contributed by atoms with Gasteiger partial charge in [0.2, 0.25) is 0 Å². The average molecular weight is 273 g/mol. The van der Waals surface area contributed by atoms with Crippen LogP contribution in [0.1, 0.15) is 29.3 Å². The second kappa shape index (κ2) is 5.61. The van der Waals surface area contributed by atoms with Gasteiger partial charge in [-0.15, -0.1) is 0 Å². The van der Waals surface area contributed by atoms with Crippen molar-refractivity contribution in [1.29, 1.82) is 0 Å². The lowest BCUT2D eigenvalue weighted by atomic mass is 10.0. The second-order valence-corrected chi connectivity index (χ2v) is 4.48. The number of aromatic nitrogens is 1. The predicted molar refractivity (Wildman–Crippen MR) is 74.2 cm³/mol. The summed E-state index contributed by atoms with van der Waals surface area (Å²) in [5.41, 5.74) is 0.238. The van der Waals surface area contributed by atoms with Gasteiger partial charge < -0.3 is 14.8 Å². The molecule has 2 rings (SSSR count). The van der Waals surface area contributed by atoms with Gasteiger partial charge in [0.05, 0.1) is 5.56 Å². The molecule has 1 aromatic heterocycles. The van der Waals surface area contributed by atoms with E-state index >= 15 is 0 Å². The first-order chi connectivity index (χ1) is 9.52. The first kappa shape index (κ1) is 13.9. The normalized spacial score (nSPS) is 10.4. The lowest BCUT2D eigenvalue weighted by molar-refractivity contribution is 0.103. The van der Waals surface area contributed by atoms with Crippen LogP contribution >= 0.6 is 0 Å². The molecule has 0 saturated carbocycles. The highest BCUT2D eigenvalue weighted by Gasteiger charge is 2.15. The topological polar surface area (TPSA) is 79.5 Å². The van der Waals surface area contributed by atoms with Crippen LogP contribution in [-0.4, -0.2) is 20.6 Å². The number of aryl methyl sites for hydroxylation is 1. The van der Waals surface area contributed by atoms with E-state index in [0.717, 1.165) is 12.5 Å². The third kappa shape index (κ3) is 2.71. The number of nitrogens with zero attached hydrogens (tertiary/aromatic N) is 1. The molecular formula is C15H15NO4. The summed E-state index contributed by atoms with van der Waals surface area (Å²) in [7, 11) is 0. The van der Waals surface area contributed by atoms with Gasteiger partial charge in [0.1, 0.15) is 11.5 Å². The van der Waals surface area contributed by atoms with Crippen molar-refractivity contribution in [3.05, 3.63) is 58.0 Å². The Labute approximate surface area is 115 Å². The molecule has 0 aliphatic heterocycles. The summed E-state index contributed by atoms with van der Waals surface area (Å²) in [6.45, 7) is 2.47. The zero-order valence-corrected chi connectivity index (χ0v) is 11.0. The van der Waals surface area contributed by atoms with Crippen LogP contribution in [0.25, 0.3) is 0 Å². The van der Waals surface area contributed by atoms with Crippen molar-refractivity contribution in [2.75, 3.05) is 0 Å². The number of ketones is 1. The Morgan fingerprint density at radius 3 is 2.60 bits per heavy atom. The van der Waals surface area contributed by atoms with Crippen LogP contribution in [-0.2, 0) is 6.54 Å². The Balaban J connectivity index is 2.43. The molecule has 0 radical (unpaired) electrons. The molecule has 0 bridgehead atoms. The molecule has 0 aliphatic rings.